The topological polar surface area (TPSA) is 44.8 Å². The molecule has 2 atom stereocenters. The first kappa shape index (κ1) is 13.2. The van der Waals surface area contributed by atoms with E-state index in [4.69, 9.17) is 14.2 Å². The standard InChI is InChI=1S/C10H20O4/c1-7(2)6-13-10(11)14-9(4)8(3)12-5/h7-9H,6H2,1-5H3. The van der Waals surface area contributed by atoms with Crippen molar-refractivity contribution >= 4 is 6.16 Å². The molecular formula is C10H20O4. The highest BCUT2D eigenvalue weighted by Crippen LogP contribution is 2.04. The van der Waals surface area contributed by atoms with Crippen LogP contribution < -0.4 is 0 Å². The van der Waals surface area contributed by atoms with Crippen LogP contribution in [0.15, 0.2) is 0 Å². The van der Waals surface area contributed by atoms with Crippen LogP contribution in [0.25, 0.3) is 0 Å². The molecule has 0 heterocycles. The molecule has 2 unspecified atom stereocenters. The summed E-state index contributed by atoms with van der Waals surface area (Å²) < 4.78 is 14.8. The maximum atomic E-state index is 11.1. The average molecular weight is 204 g/mol. The Hall–Kier alpha value is -0.770. The van der Waals surface area contributed by atoms with E-state index in [1.165, 1.54) is 0 Å². The van der Waals surface area contributed by atoms with Crippen molar-refractivity contribution in [3.05, 3.63) is 0 Å². The van der Waals surface area contributed by atoms with E-state index in [9.17, 15) is 4.79 Å². The second-order valence-corrected chi connectivity index (χ2v) is 3.72. The van der Waals surface area contributed by atoms with E-state index in [0.29, 0.717) is 12.5 Å². The summed E-state index contributed by atoms with van der Waals surface area (Å²) in [6.45, 7) is 7.92. The lowest BCUT2D eigenvalue weighted by atomic mass is 10.2. The highest BCUT2D eigenvalue weighted by atomic mass is 16.7. The maximum absolute atomic E-state index is 11.1. The van der Waals surface area contributed by atoms with Gasteiger partial charge in [0.15, 0.2) is 0 Å². The van der Waals surface area contributed by atoms with E-state index in [2.05, 4.69) is 0 Å². The van der Waals surface area contributed by atoms with Crippen molar-refractivity contribution in [1.29, 1.82) is 0 Å². The summed E-state index contributed by atoms with van der Waals surface area (Å²) >= 11 is 0. The molecule has 14 heavy (non-hydrogen) atoms. The van der Waals surface area contributed by atoms with E-state index < -0.39 is 6.16 Å². The van der Waals surface area contributed by atoms with Gasteiger partial charge in [-0.2, -0.15) is 0 Å². The van der Waals surface area contributed by atoms with Crippen LogP contribution in [0, 0.1) is 5.92 Å². The van der Waals surface area contributed by atoms with Gasteiger partial charge in [0.05, 0.1) is 12.7 Å². The van der Waals surface area contributed by atoms with Crippen molar-refractivity contribution in [1.82, 2.24) is 0 Å². The molecular weight excluding hydrogens is 184 g/mol. The molecule has 0 aromatic carbocycles. The van der Waals surface area contributed by atoms with Crippen molar-refractivity contribution < 1.29 is 19.0 Å². The molecule has 0 saturated carbocycles. The van der Waals surface area contributed by atoms with Crippen LogP contribution >= 0.6 is 0 Å². The second-order valence-electron chi connectivity index (χ2n) is 3.72. The third kappa shape index (κ3) is 5.80. The van der Waals surface area contributed by atoms with Gasteiger partial charge >= 0.3 is 6.16 Å². The van der Waals surface area contributed by atoms with Crippen molar-refractivity contribution in [2.24, 2.45) is 5.92 Å². The van der Waals surface area contributed by atoms with Crippen molar-refractivity contribution in [2.45, 2.75) is 39.9 Å². The summed E-state index contributed by atoms with van der Waals surface area (Å²) in [5, 5.41) is 0. The first-order chi connectivity index (χ1) is 6.47. The molecule has 0 rings (SSSR count). The molecule has 0 radical (unpaired) electrons. The van der Waals surface area contributed by atoms with Gasteiger partial charge in [-0.1, -0.05) is 13.8 Å². The Balaban J connectivity index is 3.71. The highest BCUT2D eigenvalue weighted by Gasteiger charge is 2.17. The summed E-state index contributed by atoms with van der Waals surface area (Å²) in [5.74, 6) is 0.317. The molecule has 84 valence electrons. The van der Waals surface area contributed by atoms with E-state index in [0.717, 1.165) is 0 Å². The Kier molecular flexibility index (Phi) is 6.28. The zero-order valence-corrected chi connectivity index (χ0v) is 9.57. The number of carbonyl (C=O) groups excluding carboxylic acids is 1. The molecule has 0 amide bonds. The smallest absolute Gasteiger partial charge is 0.434 e. The molecule has 4 nitrogen and oxygen atoms in total. The fourth-order valence-electron chi connectivity index (χ4n) is 0.708. The van der Waals surface area contributed by atoms with Crippen LogP contribution in [-0.4, -0.2) is 32.1 Å². The average Bonchev–Trinajstić information content (AvgIpc) is 2.13. The Labute approximate surface area is 85.5 Å². The molecule has 0 aliphatic carbocycles. The molecule has 4 heteroatoms. The molecule has 0 saturated heterocycles. The van der Waals surface area contributed by atoms with Crippen LogP contribution in [0.1, 0.15) is 27.7 Å². The van der Waals surface area contributed by atoms with Gasteiger partial charge in [0.25, 0.3) is 0 Å². The molecule has 0 spiro atoms. The Morgan fingerprint density at radius 3 is 2.14 bits per heavy atom. The van der Waals surface area contributed by atoms with E-state index in [-0.39, 0.29) is 12.2 Å². The fourth-order valence-corrected chi connectivity index (χ4v) is 0.708. The number of methoxy groups -OCH3 is 1. The van der Waals surface area contributed by atoms with Crippen LogP contribution in [0.3, 0.4) is 0 Å². The van der Waals surface area contributed by atoms with Gasteiger partial charge in [0.2, 0.25) is 0 Å². The summed E-state index contributed by atoms with van der Waals surface area (Å²) in [6.07, 6.45) is -1.05. The van der Waals surface area contributed by atoms with Crippen molar-refractivity contribution in [3.63, 3.8) is 0 Å². The van der Waals surface area contributed by atoms with Crippen LogP contribution in [-0.2, 0) is 14.2 Å². The third-order valence-electron chi connectivity index (χ3n) is 1.85. The first-order valence-electron chi connectivity index (χ1n) is 4.83. The van der Waals surface area contributed by atoms with Gasteiger partial charge in [-0.05, 0) is 19.8 Å². The molecule has 0 N–H and O–H groups in total. The minimum atomic E-state index is -0.630. The predicted octanol–water partition coefficient (Wildman–Crippen LogP) is 2.22. The Morgan fingerprint density at radius 2 is 1.71 bits per heavy atom. The summed E-state index contributed by atoms with van der Waals surface area (Å²) in [4.78, 5) is 11.1. The zero-order valence-electron chi connectivity index (χ0n) is 9.57. The number of hydrogen-bond acceptors (Lipinski definition) is 4. The van der Waals surface area contributed by atoms with E-state index >= 15 is 0 Å². The Bertz CT molecular complexity index is 168. The normalized spacial score (nSPS) is 15.0. The summed E-state index contributed by atoms with van der Waals surface area (Å²) in [5.41, 5.74) is 0. The Morgan fingerprint density at radius 1 is 1.14 bits per heavy atom. The zero-order chi connectivity index (χ0) is 11.1. The lowest BCUT2D eigenvalue weighted by molar-refractivity contribution is -0.0352. The van der Waals surface area contributed by atoms with Gasteiger partial charge < -0.3 is 14.2 Å². The highest BCUT2D eigenvalue weighted by molar-refractivity contribution is 5.60. The third-order valence-corrected chi connectivity index (χ3v) is 1.85. The van der Waals surface area contributed by atoms with Gasteiger partial charge in [0, 0.05) is 7.11 Å². The molecule has 0 aromatic rings. The van der Waals surface area contributed by atoms with E-state index in [1.807, 2.05) is 20.8 Å². The quantitative estimate of drug-likeness (QED) is 0.644. The first-order valence-corrected chi connectivity index (χ1v) is 4.83. The van der Waals surface area contributed by atoms with Crippen molar-refractivity contribution in [2.75, 3.05) is 13.7 Å². The van der Waals surface area contributed by atoms with Gasteiger partial charge in [0.1, 0.15) is 6.10 Å². The van der Waals surface area contributed by atoms with E-state index in [1.54, 1.807) is 14.0 Å². The summed E-state index contributed by atoms with van der Waals surface area (Å²) in [6, 6.07) is 0. The monoisotopic (exact) mass is 204 g/mol. The van der Waals surface area contributed by atoms with Crippen LogP contribution in [0.5, 0.6) is 0 Å². The number of hydrogen-bond donors (Lipinski definition) is 0. The largest absolute Gasteiger partial charge is 0.508 e. The van der Waals surface area contributed by atoms with Crippen LogP contribution in [0.4, 0.5) is 4.79 Å². The van der Waals surface area contributed by atoms with Crippen molar-refractivity contribution in [3.8, 4) is 0 Å². The fraction of sp³-hybridized carbons (Fsp3) is 0.900. The molecule has 0 aliphatic heterocycles. The molecule has 0 aromatic heterocycles. The lowest BCUT2D eigenvalue weighted by Gasteiger charge is -2.18. The number of ether oxygens (including phenoxy) is 3. The predicted molar refractivity (Wildman–Crippen MR) is 53.2 cm³/mol. The van der Waals surface area contributed by atoms with Gasteiger partial charge in [-0.15, -0.1) is 0 Å². The second kappa shape index (κ2) is 6.65. The lowest BCUT2D eigenvalue weighted by Crippen LogP contribution is -2.28. The minimum Gasteiger partial charge on any atom is -0.434 e. The SMILES string of the molecule is COC(C)C(C)OC(=O)OCC(C)C. The van der Waals surface area contributed by atoms with Gasteiger partial charge in [-0.25, -0.2) is 4.79 Å². The maximum Gasteiger partial charge on any atom is 0.508 e. The number of carbonyl (C=O) groups is 1. The van der Waals surface area contributed by atoms with Gasteiger partial charge in [-0.3, -0.25) is 0 Å². The van der Waals surface area contributed by atoms with Crippen LogP contribution in [0.2, 0.25) is 0 Å². The molecule has 0 bridgehead atoms. The minimum absolute atomic E-state index is 0.124. The molecule has 0 fully saturated rings. The molecule has 0 aliphatic rings. The summed E-state index contributed by atoms with van der Waals surface area (Å²) in [7, 11) is 1.57. The number of rotatable bonds is 5.